The zero-order valence-corrected chi connectivity index (χ0v) is 14.1. The van der Waals surface area contributed by atoms with Gasteiger partial charge in [-0.2, -0.15) is 0 Å². The van der Waals surface area contributed by atoms with Gasteiger partial charge in [-0.3, -0.25) is 0 Å². The second-order valence-corrected chi connectivity index (χ2v) is 5.90. The summed E-state index contributed by atoms with van der Waals surface area (Å²) in [4.78, 5) is 11.1. The maximum atomic E-state index is 11.1. The topological polar surface area (TPSA) is 55.8 Å². The molecule has 0 bridgehead atoms. The number of esters is 1. The first-order valence-electron chi connectivity index (χ1n) is 8.11. The normalized spacial score (nSPS) is 12.1. The van der Waals surface area contributed by atoms with Crippen molar-refractivity contribution in [3.05, 3.63) is 66.7 Å². The first kappa shape index (κ1) is 17.0. The lowest BCUT2D eigenvalue weighted by Gasteiger charge is -2.16. The standard InChI is InChI=1S/C21H20O4/c1-3-20(23)24-12-16(22)13-25-21-17-9-5-4-8-15(17)11-19-14(2)7-6-10-18(19)21/h3-11,16,22H,1,12-13H2,2H3. The minimum absolute atomic E-state index is 0.0292. The number of carbonyl (C=O) groups excluding carboxylic acids is 1. The van der Waals surface area contributed by atoms with Crippen molar-refractivity contribution in [3.8, 4) is 5.75 Å². The van der Waals surface area contributed by atoms with E-state index in [9.17, 15) is 9.90 Å². The van der Waals surface area contributed by atoms with E-state index in [1.807, 2.05) is 36.4 Å². The fourth-order valence-corrected chi connectivity index (χ4v) is 2.82. The van der Waals surface area contributed by atoms with E-state index in [4.69, 9.17) is 9.47 Å². The summed E-state index contributed by atoms with van der Waals surface area (Å²) in [5.74, 6) is 0.163. The molecule has 0 saturated heterocycles. The Morgan fingerprint density at radius 2 is 1.88 bits per heavy atom. The maximum absolute atomic E-state index is 11.1. The molecule has 0 saturated carbocycles. The van der Waals surface area contributed by atoms with Crippen molar-refractivity contribution in [3.63, 3.8) is 0 Å². The third-order valence-corrected chi connectivity index (χ3v) is 4.08. The summed E-state index contributed by atoms with van der Waals surface area (Å²) in [7, 11) is 0. The summed E-state index contributed by atoms with van der Waals surface area (Å²) in [5, 5.41) is 14.2. The third-order valence-electron chi connectivity index (χ3n) is 4.08. The first-order valence-corrected chi connectivity index (χ1v) is 8.11. The van der Waals surface area contributed by atoms with Crippen molar-refractivity contribution in [2.45, 2.75) is 13.0 Å². The molecule has 3 rings (SSSR count). The summed E-state index contributed by atoms with van der Waals surface area (Å²) in [6.45, 7) is 5.28. The highest BCUT2D eigenvalue weighted by molar-refractivity contribution is 6.06. The minimum atomic E-state index is -0.914. The molecule has 1 N–H and O–H groups in total. The van der Waals surface area contributed by atoms with E-state index in [2.05, 4.69) is 25.6 Å². The van der Waals surface area contributed by atoms with Crippen LogP contribution in [0.25, 0.3) is 21.5 Å². The fraction of sp³-hybridized carbons (Fsp3) is 0.190. The number of aliphatic hydroxyl groups is 1. The predicted molar refractivity (Wildman–Crippen MR) is 98.8 cm³/mol. The predicted octanol–water partition coefficient (Wildman–Crippen LogP) is 3.77. The van der Waals surface area contributed by atoms with Gasteiger partial charge in [0.1, 0.15) is 25.1 Å². The molecule has 3 aromatic carbocycles. The fourth-order valence-electron chi connectivity index (χ4n) is 2.82. The Hall–Kier alpha value is -2.85. The van der Waals surface area contributed by atoms with Gasteiger partial charge in [0.25, 0.3) is 0 Å². The summed E-state index contributed by atoms with van der Waals surface area (Å²) in [6.07, 6.45) is 0.150. The van der Waals surface area contributed by atoms with Gasteiger partial charge in [0.2, 0.25) is 0 Å². The Kier molecular flexibility index (Phi) is 5.00. The molecule has 4 heteroatoms. The van der Waals surface area contributed by atoms with Crippen LogP contribution in [-0.2, 0) is 9.53 Å². The van der Waals surface area contributed by atoms with E-state index >= 15 is 0 Å². The van der Waals surface area contributed by atoms with Crippen LogP contribution in [0.1, 0.15) is 5.56 Å². The monoisotopic (exact) mass is 336 g/mol. The van der Waals surface area contributed by atoms with Crippen molar-refractivity contribution >= 4 is 27.5 Å². The van der Waals surface area contributed by atoms with Crippen molar-refractivity contribution in [2.75, 3.05) is 13.2 Å². The van der Waals surface area contributed by atoms with E-state index in [1.54, 1.807) is 0 Å². The molecule has 0 amide bonds. The highest BCUT2D eigenvalue weighted by Gasteiger charge is 2.13. The number of hydrogen-bond acceptors (Lipinski definition) is 4. The molecule has 128 valence electrons. The number of carbonyl (C=O) groups is 1. The molecule has 1 unspecified atom stereocenters. The maximum Gasteiger partial charge on any atom is 0.330 e. The Morgan fingerprint density at radius 1 is 1.12 bits per heavy atom. The van der Waals surface area contributed by atoms with Crippen LogP contribution in [0.2, 0.25) is 0 Å². The lowest BCUT2D eigenvalue weighted by atomic mass is 9.99. The average molecular weight is 336 g/mol. The number of hydrogen-bond donors (Lipinski definition) is 1. The van der Waals surface area contributed by atoms with Gasteiger partial charge in [-0.05, 0) is 29.3 Å². The van der Waals surface area contributed by atoms with E-state index in [0.717, 1.165) is 38.9 Å². The SMILES string of the molecule is C=CC(=O)OCC(O)COc1c2ccccc2cc2c(C)cccc12. The van der Waals surface area contributed by atoms with Gasteiger partial charge >= 0.3 is 5.97 Å². The van der Waals surface area contributed by atoms with Crippen molar-refractivity contribution in [1.82, 2.24) is 0 Å². The quantitative estimate of drug-likeness (QED) is 0.423. The summed E-state index contributed by atoms with van der Waals surface area (Å²) in [5.41, 5.74) is 1.16. The second kappa shape index (κ2) is 7.36. The number of fused-ring (bicyclic) bond motifs is 2. The molecule has 0 aliphatic carbocycles. The second-order valence-electron chi connectivity index (χ2n) is 5.90. The van der Waals surface area contributed by atoms with E-state index in [0.29, 0.717) is 0 Å². The molecule has 0 spiro atoms. The minimum Gasteiger partial charge on any atom is -0.489 e. The smallest absolute Gasteiger partial charge is 0.330 e. The molecule has 0 radical (unpaired) electrons. The number of aliphatic hydroxyl groups excluding tert-OH is 1. The number of ether oxygens (including phenoxy) is 2. The molecule has 1 atom stereocenters. The van der Waals surface area contributed by atoms with Crippen molar-refractivity contribution < 1.29 is 19.4 Å². The molecule has 0 aliphatic heterocycles. The van der Waals surface area contributed by atoms with Crippen LogP contribution in [0.3, 0.4) is 0 Å². The van der Waals surface area contributed by atoms with E-state index < -0.39 is 12.1 Å². The van der Waals surface area contributed by atoms with Crippen molar-refractivity contribution in [2.24, 2.45) is 0 Å². The van der Waals surface area contributed by atoms with Crippen LogP contribution in [0, 0.1) is 6.92 Å². The first-order chi connectivity index (χ1) is 12.1. The lowest BCUT2D eigenvalue weighted by Crippen LogP contribution is -2.24. The zero-order chi connectivity index (χ0) is 17.8. The van der Waals surface area contributed by atoms with Crippen molar-refractivity contribution in [1.29, 1.82) is 0 Å². The molecule has 0 heterocycles. The highest BCUT2D eigenvalue weighted by Crippen LogP contribution is 2.36. The van der Waals surface area contributed by atoms with Gasteiger partial charge in [0.05, 0.1) is 0 Å². The summed E-state index contributed by atoms with van der Waals surface area (Å²) >= 11 is 0. The zero-order valence-electron chi connectivity index (χ0n) is 14.1. The highest BCUT2D eigenvalue weighted by atomic mass is 16.5. The molecule has 0 aromatic heterocycles. The molecule has 25 heavy (non-hydrogen) atoms. The average Bonchev–Trinajstić information content (AvgIpc) is 2.63. The molecular weight excluding hydrogens is 316 g/mol. The number of rotatable bonds is 6. The van der Waals surface area contributed by atoms with Crippen LogP contribution in [0.15, 0.2) is 61.2 Å². The number of aryl methyl sites for hydroxylation is 1. The van der Waals surface area contributed by atoms with Crippen LogP contribution >= 0.6 is 0 Å². The molecular formula is C21H20O4. The van der Waals surface area contributed by atoms with Gasteiger partial charge in [-0.25, -0.2) is 4.79 Å². The van der Waals surface area contributed by atoms with Crippen LogP contribution in [0.4, 0.5) is 0 Å². The molecule has 3 aromatic rings. The lowest BCUT2D eigenvalue weighted by molar-refractivity contribution is -0.141. The third kappa shape index (κ3) is 3.64. The largest absolute Gasteiger partial charge is 0.489 e. The number of benzene rings is 3. The van der Waals surface area contributed by atoms with Gasteiger partial charge < -0.3 is 14.6 Å². The molecule has 0 aliphatic rings. The summed E-state index contributed by atoms with van der Waals surface area (Å²) < 4.78 is 10.8. The summed E-state index contributed by atoms with van der Waals surface area (Å²) in [6, 6.07) is 16.2. The van der Waals surface area contributed by atoms with Crippen LogP contribution in [-0.4, -0.2) is 30.4 Å². The van der Waals surface area contributed by atoms with Gasteiger partial charge in [-0.15, -0.1) is 0 Å². The Bertz CT molecular complexity index is 930. The van der Waals surface area contributed by atoms with Gasteiger partial charge in [0.15, 0.2) is 0 Å². The molecule has 0 fully saturated rings. The molecule has 4 nitrogen and oxygen atoms in total. The van der Waals surface area contributed by atoms with E-state index in [1.165, 1.54) is 0 Å². The Labute approximate surface area is 146 Å². The van der Waals surface area contributed by atoms with E-state index in [-0.39, 0.29) is 13.2 Å². The Balaban J connectivity index is 1.92. The van der Waals surface area contributed by atoms with Gasteiger partial charge in [0, 0.05) is 16.8 Å². The van der Waals surface area contributed by atoms with Crippen LogP contribution < -0.4 is 4.74 Å². The van der Waals surface area contributed by atoms with Crippen LogP contribution in [0.5, 0.6) is 5.75 Å². The Morgan fingerprint density at radius 3 is 2.68 bits per heavy atom. The van der Waals surface area contributed by atoms with Gasteiger partial charge in [-0.1, -0.05) is 49.0 Å².